The second-order valence-corrected chi connectivity index (χ2v) is 8.97. The topological polar surface area (TPSA) is 58.6 Å². The summed E-state index contributed by atoms with van der Waals surface area (Å²) < 4.78 is 6.31. The van der Waals surface area contributed by atoms with Crippen LogP contribution in [0.2, 0.25) is 0 Å². The van der Waals surface area contributed by atoms with Crippen molar-refractivity contribution in [3.8, 4) is 5.75 Å². The number of rotatable bonds is 4. The standard InChI is InChI=1S/C18H25BrN2O3/c1-17(2,3)11-18(4,5)20-15(22)9-21-13-7-6-12(19)8-14(13)24-10-16(21)23/h6-8H,9-11H2,1-5H3,(H,20,22). The maximum Gasteiger partial charge on any atom is 0.265 e. The van der Waals surface area contributed by atoms with E-state index in [4.69, 9.17) is 4.74 Å². The van der Waals surface area contributed by atoms with Crippen molar-refractivity contribution in [1.29, 1.82) is 0 Å². The van der Waals surface area contributed by atoms with E-state index < -0.39 is 0 Å². The van der Waals surface area contributed by atoms with Gasteiger partial charge in [-0.05, 0) is 43.9 Å². The number of nitrogens with one attached hydrogen (secondary N) is 1. The summed E-state index contributed by atoms with van der Waals surface area (Å²) in [7, 11) is 0. The van der Waals surface area contributed by atoms with Crippen LogP contribution < -0.4 is 15.0 Å². The molecule has 0 aromatic heterocycles. The molecule has 1 N–H and O–H groups in total. The summed E-state index contributed by atoms with van der Waals surface area (Å²) in [6, 6.07) is 5.41. The van der Waals surface area contributed by atoms with Crippen LogP contribution in [0.15, 0.2) is 22.7 Å². The SMILES string of the molecule is CC(C)(C)CC(C)(C)NC(=O)CN1C(=O)COc2cc(Br)ccc21. The maximum atomic E-state index is 12.5. The number of benzene rings is 1. The van der Waals surface area contributed by atoms with Crippen molar-refractivity contribution < 1.29 is 14.3 Å². The highest BCUT2D eigenvalue weighted by Gasteiger charge is 2.31. The molecule has 0 unspecified atom stereocenters. The number of hydrogen-bond donors (Lipinski definition) is 1. The first-order valence-corrected chi connectivity index (χ1v) is 8.80. The van der Waals surface area contributed by atoms with Crippen LogP contribution in [0.3, 0.4) is 0 Å². The lowest BCUT2D eigenvalue weighted by Crippen LogP contribution is -2.51. The van der Waals surface area contributed by atoms with Gasteiger partial charge in [0.1, 0.15) is 12.3 Å². The molecule has 0 spiro atoms. The molecule has 0 bridgehead atoms. The Morgan fingerprint density at radius 3 is 2.58 bits per heavy atom. The summed E-state index contributed by atoms with van der Waals surface area (Å²) in [5.74, 6) is 0.215. The number of fused-ring (bicyclic) bond motifs is 1. The second-order valence-electron chi connectivity index (χ2n) is 8.05. The predicted molar refractivity (Wildman–Crippen MR) is 98.3 cm³/mol. The third-order valence-electron chi connectivity index (χ3n) is 3.62. The minimum atomic E-state index is -0.340. The zero-order valence-electron chi connectivity index (χ0n) is 14.9. The first-order valence-electron chi connectivity index (χ1n) is 8.01. The van der Waals surface area contributed by atoms with E-state index in [9.17, 15) is 9.59 Å². The Bertz CT molecular complexity index is 650. The lowest BCUT2D eigenvalue weighted by Gasteiger charge is -2.35. The van der Waals surface area contributed by atoms with Gasteiger partial charge < -0.3 is 10.1 Å². The molecular formula is C18H25BrN2O3. The molecule has 1 aliphatic heterocycles. The number of hydrogen-bond acceptors (Lipinski definition) is 3. The molecule has 1 aromatic carbocycles. The molecule has 1 aliphatic rings. The summed E-state index contributed by atoms with van der Waals surface area (Å²) in [6.07, 6.45) is 0.840. The smallest absolute Gasteiger partial charge is 0.265 e. The van der Waals surface area contributed by atoms with Crippen molar-refractivity contribution in [3.05, 3.63) is 22.7 Å². The lowest BCUT2D eigenvalue weighted by molar-refractivity contribution is -0.126. The van der Waals surface area contributed by atoms with Gasteiger partial charge in [-0.25, -0.2) is 0 Å². The summed E-state index contributed by atoms with van der Waals surface area (Å²) in [6.45, 7) is 10.4. The zero-order valence-corrected chi connectivity index (χ0v) is 16.5. The Balaban J connectivity index is 2.10. The monoisotopic (exact) mass is 396 g/mol. The van der Waals surface area contributed by atoms with Crippen LogP contribution in [-0.2, 0) is 9.59 Å². The molecule has 5 nitrogen and oxygen atoms in total. The molecule has 0 fully saturated rings. The minimum absolute atomic E-state index is 0.00953. The molecule has 6 heteroatoms. The minimum Gasteiger partial charge on any atom is -0.482 e. The summed E-state index contributed by atoms with van der Waals surface area (Å²) >= 11 is 3.38. The summed E-state index contributed by atoms with van der Waals surface area (Å²) in [4.78, 5) is 26.1. The number of anilines is 1. The van der Waals surface area contributed by atoms with Gasteiger partial charge in [-0.1, -0.05) is 36.7 Å². The van der Waals surface area contributed by atoms with Crippen molar-refractivity contribution in [2.24, 2.45) is 5.41 Å². The largest absolute Gasteiger partial charge is 0.482 e. The lowest BCUT2D eigenvalue weighted by atomic mass is 9.82. The van der Waals surface area contributed by atoms with E-state index in [1.54, 1.807) is 12.1 Å². The molecular weight excluding hydrogens is 372 g/mol. The Labute approximate surface area is 151 Å². The van der Waals surface area contributed by atoms with Crippen molar-refractivity contribution in [1.82, 2.24) is 5.32 Å². The second kappa shape index (κ2) is 6.75. The third kappa shape index (κ3) is 4.97. The average Bonchev–Trinajstić information content (AvgIpc) is 2.38. The number of nitrogens with zero attached hydrogens (tertiary/aromatic N) is 1. The summed E-state index contributed by atoms with van der Waals surface area (Å²) in [5, 5.41) is 3.04. The maximum absolute atomic E-state index is 12.5. The fourth-order valence-corrected chi connectivity index (χ4v) is 3.62. The van der Waals surface area contributed by atoms with Crippen molar-refractivity contribution in [2.75, 3.05) is 18.1 Å². The van der Waals surface area contributed by atoms with Crippen molar-refractivity contribution >= 4 is 33.4 Å². The number of carbonyl (C=O) groups is 2. The van der Waals surface area contributed by atoms with E-state index in [0.717, 1.165) is 10.9 Å². The molecule has 2 amide bonds. The van der Waals surface area contributed by atoms with Crippen LogP contribution in [0.1, 0.15) is 41.0 Å². The van der Waals surface area contributed by atoms with Gasteiger partial charge in [-0.15, -0.1) is 0 Å². The van der Waals surface area contributed by atoms with Gasteiger partial charge in [0.05, 0.1) is 5.69 Å². The molecule has 0 saturated heterocycles. The Morgan fingerprint density at radius 2 is 1.96 bits per heavy atom. The van der Waals surface area contributed by atoms with Gasteiger partial charge in [0.15, 0.2) is 6.61 Å². The molecule has 132 valence electrons. The van der Waals surface area contributed by atoms with E-state index in [1.807, 2.05) is 19.9 Å². The van der Waals surface area contributed by atoms with Gasteiger partial charge >= 0.3 is 0 Å². The van der Waals surface area contributed by atoms with E-state index >= 15 is 0 Å². The fourth-order valence-electron chi connectivity index (χ4n) is 3.28. The molecule has 1 heterocycles. The Morgan fingerprint density at radius 1 is 1.29 bits per heavy atom. The van der Waals surface area contributed by atoms with Gasteiger partial charge in [-0.2, -0.15) is 0 Å². The van der Waals surface area contributed by atoms with Gasteiger partial charge in [-0.3, -0.25) is 14.5 Å². The molecule has 24 heavy (non-hydrogen) atoms. The normalized spacial score (nSPS) is 14.9. The average molecular weight is 397 g/mol. The molecule has 0 aliphatic carbocycles. The Kier molecular flexibility index (Phi) is 5.28. The fraction of sp³-hybridized carbons (Fsp3) is 0.556. The highest BCUT2D eigenvalue weighted by molar-refractivity contribution is 9.10. The van der Waals surface area contributed by atoms with E-state index in [-0.39, 0.29) is 35.9 Å². The van der Waals surface area contributed by atoms with Crippen LogP contribution >= 0.6 is 15.9 Å². The van der Waals surface area contributed by atoms with Crippen molar-refractivity contribution in [2.45, 2.75) is 46.6 Å². The van der Waals surface area contributed by atoms with Crippen LogP contribution in [-0.4, -0.2) is 30.5 Å². The number of halogens is 1. The highest BCUT2D eigenvalue weighted by Crippen LogP contribution is 2.34. The molecule has 2 rings (SSSR count). The third-order valence-corrected chi connectivity index (χ3v) is 4.11. The highest BCUT2D eigenvalue weighted by atomic mass is 79.9. The Hall–Kier alpha value is -1.56. The van der Waals surface area contributed by atoms with Gasteiger partial charge in [0, 0.05) is 10.0 Å². The van der Waals surface area contributed by atoms with E-state index in [1.165, 1.54) is 4.90 Å². The van der Waals surface area contributed by atoms with E-state index in [0.29, 0.717) is 11.4 Å². The van der Waals surface area contributed by atoms with Crippen LogP contribution in [0.4, 0.5) is 5.69 Å². The molecule has 0 atom stereocenters. The molecule has 1 aromatic rings. The van der Waals surface area contributed by atoms with Crippen LogP contribution in [0, 0.1) is 5.41 Å². The number of carbonyl (C=O) groups excluding carboxylic acids is 2. The zero-order chi connectivity index (χ0) is 18.1. The molecule has 0 saturated carbocycles. The first kappa shape index (κ1) is 18.8. The number of amides is 2. The van der Waals surface area contributed by atoms with Crippen molar-refractivity contribution in [3.63, 3.8) is 0 Å². The summed E-state index contributed by atoms with van der Waals surface area (Å²) in [5.41, 5.74) is 0.385. The van der Waals surface area contributed by atoms with Crippen LogP contribution in [0.25, 0.3) is 0 Å². The first-order chi connectivity index (χ1) is 11.0. The number of ether oxygens (including phenoxy) is 1. The predicted octanol–water partition coefficient (Wildman–Crippen LogP) is 3.51. The van der Waals surface area contributed by atoms with E-state index in [2.05, 4.69) is 42.0 Å². The molecule has 0 radical (unpaired) electrons. The quantitative estimate of drug-likeness (QED) is 0.846. The van der Waals surface area contributed by atoms with Crippen LogP contribution in [0.5, 0.6) is 5.75 Å². The van der Waals surface area contributed by atoms with Gasteiger partial charge in [0.25, 0.3) is 5.91 Å². The van der Waals surface area contributed by atoms with Gasteiger partial charge in [0.2, 0.25) is 5.91 Å².